The van der Waals surface area contributed by atoms with Crippen molar-refractivity contribution in [3.05, 3.63) is 51.0 Å². The predicted octanol–water partition coefficient (Wildman–Crippen LogP) is 4.18. The molecule has 1 aliphatic heterocycles. The molecule has 0 unspecified atom stereocenters. The zero-order valence-corrected chi connectivity index (χ0v) is 15.3. The maximum absolute atomic E-state index is 13.0. The van der Waals surface area contributed by atoms with Gasteiger partial charge in [0.25, 0.3) is 5.91 Å². The Morgan fingerprint density at radius 1 is 1.38 bits per heavy atom. The highest BCUT2D eigenvalue weighted by molar-refractivity contribution is 7.13. The molecule has 1 amide bonds. The molecular weight excluding hydrogens is 320 g/mol. The Morgan fingerprint density at radius 2 is 2.17 bits per heavy atom. The molecule has 24 heavy (non-hydrogen) atoms. The molecule has 128 valence electrons. The fourth-order valence-electron chi connectivity index (χ4n) is 3.35. The number of carbonyl (C=O) groups is 1. The summed E-state index contributed by atoms with van der Waals surface area (Å²) in [7, 11) is 0. The van der Waals surface area contributed by atoms with Crippen LogP contribution in [0.25, 0.3) is 0 Å². The zero-order valence-electron chi connectivity index (χ0n) is 14.5. The van der Waals surface area contributed by atoms with Gasteiger partial charge in [0.05, 0.1) is 12.2 Å². The summed E-state index contributed by atoms with van der Waals surface area (Å²) in [5, 5.41) is 10.2. The van der Waals surface area contributed by atoms with Gasteiger partial charge in [-0.15, -0.1) is 11.3 Å². The third kappa shape index (κ3) is 3.23. The normalized spacial score (nSPS) is 19.3. The van der Waals surface area contributed by atoms with Crippen LogP contribution in [0, 0.1) is 13.8 Å². The Hall–Kier alpha value is -1.72. The van der Waals surface area contributed by atoms with Gasteiger partial charge in [-0.3, -0.25) is 4.79 Å². The number of nitrogens with zero attached hydrogens (tertiary/aromatic N) is 2. The monoisotopic (exact) mass is 344 g/mol. The van der Waals surface area contributed by atoms with Crippen LogP contribution in [0.15, 0.2) is 24.4 Å². The van der Waals surface area contributed by atoms with E-state index in [1.54, 1.807) is 13.1 Å². The SMILES string of the molecule is Cc1cccc([C@@H]2CCCCN2C(=O)c2cnc([C@@H](C)O)s2)c1C. The molecule has 0 saturated carbocycles. The number of aliphatic hydroxyl groups excluding tert-OH is 1. The highest BCUT2D eigenvalue weighted by Crippen LogP contribution is 2.35. The topological polar surface area (TPSA) is 53.4 Å². The number of aryl methyl sites for hydroxylation is 1. The number of thiazole rings is 1. The van der Waals surface area contributed by atoms with E-state index in [1.807, 2.05) is 4.90 Å². The lowest BCUT2D eigenvalue weighted by Gasteiger charge is -2.36. The molecule has 0 radical (unpaired) electrons. The first-order valence-corrected chi connectivity index (χ1v) is 9.31. The second kappa shape index (κ2) is 7.03. The molecular formula is C19H24N2O2S. The lowest BCUT2D eigenvalue weighted by Crippen LogP contribution is -2.38. The zero-order chi connectivity index (χ0) is 17.3. The summed E-state index contributed by atoms with van der Waals surface area (Å²) in [6.07, 6.45) is 4.15. The van der Waals surface area contributed by atoms with Gasteiger partial charge >= 0.3 is 0 Å². The fourth-order valence-corrected chi connectivity index (χ4v) is 4.17. The maximum Gasteiger partial charge on any atom is 0.266 e. The fraction of sp³-hybridized carbons (Fsp3) is 0.474. The van der Waals surface area contributed by atoms with Crippen LogP contribution in [0.5, 0.6) is 0 Å². The molecule has 3 rings (SSSR count). The average molecular weight is 344 g/mol. The molecule has 4 nitrogen and oxygen atoms in total. The summed E-state index contributed by atoms with van der Waals surface area (Å²) in [6.45, 7) is 6.71. The third-order valence-electron chi connectivity index (χ3n) is 4.86. The first-order chi connectivity index (χ1) is 11.5. The lowest BCUT2D eigenvalue weighted by atomic mass is 9.90. The van der Waals surface area contributed by atoms with Crippen molar-refractivity contribution < 1.29 is 9.90 Å². The van der Waals surface area contributed by atoms with E-state index in [0.29, 0.717) is 9.88 Å². The minimum atomic E-state index is -0.632. The van der Waals surface area contributed by atoms with E-state index in [9.17, 15) is 9.90 Å². The van der Waals surface area contributed by atoms with Gasteiger partial charge in [0.15, 0.2) is 0 Å². The van der Waals surface area contributed by atoms with E-state index in [1.165, 1.54) is 28.0 Å². The van der Waals surface area contributed by atoms with Crippen molar-refractivity contribution in [1.29, 1.82) is 0 Å². The number of aromatic nitrogens is 1. The number of hydrogen-bond acceptors (Lipinski definition) is 4. The van der Waals surface area contributed by atoms with Crippen molar-refractivity contribution in [3.63, 3.8) is 0 Å². The van der Waals surface area contributed by atoms with E-state index >= 15 is 0 Å². The van der Waals surface area contributed by atoms with Gasteiger partial charge in [-0.25, -0.2) is 4.98 Å². The summed E-state index contributed by atoms with van der Waals surface area (Å²) < 4.78 is 0. The molecule has 1 saturated heterocycles. The first kappa shape index (κ1) is 17.1. The summed E-state index contributed by atoms with van der Waals surface area (Å²) in [6, 6.07) is 6.47. The molecule has 1 aromatic heterocycles. The Morgan fingerprint density at radius 3 is 2.88 bits per heavy atom. The molecule has 1 aliphatic rings. The first-order valence-electron chi connectivity index (χ1n) is 8.50. The van der Waals surface area contributed by atoms with Crippen LogP contribution in [0.2, 0.25) is 0 Å². The van der Waals surface area contributed by atoms with Crippen LogP contribution < -0.4 is 0 Å². The van der Waals surface area contributed by atoms with Gasteiger partial charge in [0, 0.05) is 6.54 Å². The lowest BCUT2D eigenvalue weighted by molar-refractivity contribution is 0.0615. The largest absolute Gasteiger partial charge is 0.386 e. The van der Waals surface area contributed by atoms with Crippen molar-refractivity contribution in [2.75, 3.05) is 6.54 Å². The molecule has 2 heterocycles. The number of aliphatic hydroxyl groups is 1. The standard InChI is InChI=1S/C19H24N2O2S/c1-12-7-6-8-15(13(12)2)16-9-4-5-10-21(16)19(23)17-11-20-18(24-17)14(3)22/h6-8,11,14,16,22H,4-5,9-10H2,1-3H3/t14-,16+/m1/s1. The van der Waals surface area contributed by atoms with Crippen LogP contribution in [0.3, 0.4) is 0 Å². The van der Waals surface area contributed by atoms with Crippen LogP contribution in [-0.2, 0) is 0 Å². The van der Waals surface area contributed by atoms with E-state index in [2.05, 4.69) is 37.0 Å². The van der Waals surface area contributed by atoms with Crippen LogP contribution >= 0.6 is 11.3 Å². The van der Waals surface area contributed by atoms with Crippen molar-refractivity contribution in [2.24, 2.45) is 0 Å². The number of piperidine rings is 1. The highest BCUT2D eigenvalue weighted by Gasteiger charge is 2.30. The number of rotatable bonds is 3. The second-order valence-corrected chi connectivity index (χ2v) is 7.60. The van der Waals surface area contributed by atoms with Gasteiger partial charge in [0.2, 0.25) is 0 Å². The summed E-state index contributed by atoms with van der Waals surface area (Å²) >= 11 is 1.29. The molecule has 5 heteroatoms. The van der Waals surface area contributed by atoms with E-state index in [4.69, 9.17) is 0 Å². The van der Waals surface area contributed by atoms with E-state index in [-0.39, 0.29) is 11.9 Å². The van der Waals surface area contributed by atoms with Gasteiger partial charge < -0.3 is 10.0 Å². The third-order valence-corrected chi connectivity index (χ3v) is 6.02. The molecule has 2 atom stereocenters. The Labute approximate surface area is 147 Å². The maximum atomic E-state index is 13.0. The summed E-state index contributed by atoms with van der Waals surface area (Å²) in [5.74, 6) is 0.0324. The van der Waals surface area contributed by atoms with Gasteiger partial charge in [-0.1, -0.05) is 18.2 Å². The van der Waals surface area contributed by atoms with E-state index in [0.717, 1.165) is 25.8 Å². The minimum absolute atomic E-state index is 0.0324. The average Bonchev–Trinajstić information content (AvgIpc) is 3.07. The summed E-state index contributed by atoms with van der Waals surface area (Å²) in [5.41, 5.74) is 3.79. The van der Waals surface area contributed by atoms with Crippen molar-refractivity contribution in [2.45, 2.75) is 52.2 Å². The molecule has 1 N–H and O–H groups in total. The predicted molar refractivity (Wildman–Crippen MR) is 96.3 cm³/mol. The van der Waals surface area contributed by atoms with Crippen molar-refractivity contribution in [1.82, 2.24) is 9.88 Å². The minimum Gasteiger partial charge on any atom is -0.386 e. The number of amides is 1. The molecule has 0 aliphatic carbocycles. The second-order valence-electron chi connectivity index (χ2n) is 6.54. The number of likely N-dealkylation sites (tertiary alicyclic amines) is 1. The number of carbonyl (C=O) groups excluding carboxylic acids is 1. The Bertz CT molecular complexity index is 739. The molecule has 0 spiro atoms. The van der Waals surface area contributed by atoms with Crippen LogP contribution in [0.1, 0.15) is 69.7 Å². The number of benzene rings is 1. The molecule has 1 fully saturated rings. The molecule has 1 aromatic carbocycles. The van der Waals surface area contributed by atoms with E-state index < -0.39 is 6.10 Å². The quantitative estimate of drug-likeness (QED) is 0.909. The van der Waals surface area contributed by atoms with Crippen molar-refractivity contribution in [3.8, 4) is 0 Å². The van der Waals surface area contributed by atoms with Crippen LogP contribution in [0.4, 0.5) is 0 Å². The van der Waals surface area contributed by atoms with Gasteiger partial charge in [0.1, 0.15) is 16.0 Å². The highest BCUT2D eigenvalue weighted by atomic mass is 32.1. The van der Waals surface area contributed by atoms with Crippen molar-refractivity contribution >= 4 is 17.2 Å². The molecule has 0 bridgehead atoms. The molecule has 2 aromatic rings. The van der Waals surface area contributed by atoms with Gasteiger partial charge in [-0.2, -0.15) is 0 Å². The Kier molecular flexibility index (Phi) is 5.01. The number of hydrogen-bond donors (Lipinski definition) is 1. The van der Waals surface area contributed by atoms with Crippen LogP contribution in [-0.4, -0.2) is 27.4 Å². The Balaban J connectivity index is 1.91. The smallest absolute Gasteiger partial charge is 0.266 e. The summed E-state index contributed by atoms with van der Waals surface area (Å²) in [4.78, 5) is 19.8. The van der Waals surface area contributed by atoms with Gasteiger partial charge in [-0.05, 0) is 56.7 Å².